The molecule has 0 radical (unpaired) electrons. The van der Waals surface area contributed by atoms with E-state index < -0.39 is 0 Å². The summed E-state index contributed by atoms with van der Waals surface area (Å²) in [7, 11) is 0. The molecule has 1 aliphatic heterocycles. The van der Waals surface area contributed by atoms with Gasteiger partial charge in [0.1, 0.15) is 0 Å². The fraction of sp³-hybridized carbons (Fsp3) is 0.125. The van der Waals surface area contributed by atoms with Gasteiger partial charge in [-0.3, -0.25) is 9.98 Å². The summed E-state index contributed by atoms with van der Waals surface area (Å²) in [5.74, 6) is 0. The highest BCUT2D eigenvalue weighted by molar-refractivity contribution is 6.42. The molecular formula is C24H21Cl3N4O. The van der Waals surface area contributed by atoms with E-state index in [0.29, 0.717) is 21.4 Å². The highest BCUT2D eigenvalue weighted by atomic mass is 35.5. The molecule has 0 fully saturated rings. The SMILES string of the molecule is Cl.O=C(Nc1ccc(/C=C2\CCCN=C2c2cccnc2)cc1)Nc1ccc(Cl)c(Cl)c1. The quantitative estimate of drug-likeness (QED) is 0.411. The summed E-state index contributed by atoms with van der Waals surface area (Å²) in [6, 6.07) is 16.2. The zero-order valence-corrected chi connectivity index (χ0v) is 19.3. The lowest BCUT2D eigenvalue weighted by atomic mass is 9.95. The summed E-state index contributed by atoms with van der Waals surface area (Å²) in [4.78, 5) is 21.2. The van der Waals surface area contributed by atoms with E-state index in [-0.39, 0.29) is 18.4 Å². The van der Waals surface area contributed by atoms with Crippen molar-refractivity contribution in [2.45, 2.75) is 12.8 Å². The Kier molecular flexibility index (Phi) is 8.28. The number of carbonyl (C=O) groups is 1. The number of aliphatic imine (C=N–C) groups is 1. The molecule has 0 aliphatic carbocycles. The molecule has 32 heavy (non-hydrogen) atoms. The van der Waals surface area contributed by atoms with Crippen molar-refractivity contribution in [1.29, 1.82) is 0 Å². The number of hydrogen-bond acceptors (Lipinski definition) is 3. The van der Waals surface area contributed by atoms with E-state index in [2.05, 4.69) is 21.7 Å². The van der Waals surface area contributed by atoms with Crippen LogP contribution in [0.15, 0.2) is 77.6 Å². The van der Waals surface area contributed by atoms with Crippen molar-refractivity contribution in [2.75, 3.05) is 17.2 Å². The summed E-state index contributed by atoms with van der Waals surface area (Å²) in [5.41, 5.74) is 5.52. The number of carbonyl (C=O) groups excluding carboxylic acids is 1. The lowest BCUT2D eigenvalue weighted by Gasteiger charge is -2.16. The molecule has 1 aliphatic rings. The van der Waals surface area contributed by atoms with Gasteiger partial charge in [-0.15, -0.1) is 12.4 Å². The summed E-state index contributed by atoms with van der Waals surface area (Å²) >= 11 is 11.9. The Morgan fingerprint density at radius 3 is 2.44 bits per heavy atom. The van der Waals surface area contributed by atoms with Crippen LogP contribution in [-0.2, 0) is 0 Å². The third-order valence-corrected chi connectivity index (χ3v) is 5.54. The van der Waals surface area contributed by atoms with Gasteiger partial charge in [0.05, 0.1) is 15.8 Å². The van der Waals surface area contributed by atoms with Crippen molar-refractivity contribution < 1.29 is 4.79 Å². The molecule has 2 N–H and O–H groups in total. The minimum Gasteiger partial charge on any atom is -0.308 e. The van der Waals surface area contributed by atoms with Crippen LogP contribution in [0.5, 0.6) is 0 Å². The summed E-state index contributed by atoms with van der Waals surface area (Å²) in [6.45, 7) is 0.832. The third kappa shape index (κ3) is 6.10. The number of aromatic nitrogens is 1. The maximum absolute atomic E-state index is 12.2. The molecule has 1 aromatic heterocycles. The average molecular weight is 488 g/mol. The number of amides is 2. The highest BCUT2D eigenvalue weighted by Gasteiger charge is 2.14. The van der Waals surface area contributed by atoms with Gasteiger partial charge < -0.3 is 10.6 Å². The number of rotatable bonds is 4. The van der Waals surface area contributed by atoms with Crippen LogP contribution in [-0.4, -0.2) is 23.3 Å². The number of anilines is 2. The number of nitrogens with one attached hydrogen (secondary N) is 2. The largest absolute Gasteiger partial charge is 0.323 e. The molecule has 4 rings (SSSR count). The van der Waals surface area contributed by atoms with Gasteiger partial charge in [-0.1, -0.05) is 35.3 Å². The van der Waals surface area contributed by atoms with Crippen LogP contribution in [0.25, 0.3) is 6.08 Å². The van der Waals surface area contributed by atoms with Gasteiger partial charge in [0.25, 0.3) is 0 Å². The summed E-state index contributed by atoms with van der Waals surface area (Å²) < 4.78 is 0. The normalized spacial score (nSPS) is 14.3. The Hall–Kier alpha value is -2.86. The van der Waals surface area contributed by atoms with E-state index in [9.17, 15) is 4.79 Å². The van der Waals surface area contributed by atoms with Gasteiger partial charge in [-0.25, -0.2) is 4.79 Å². The first kappa shape index (κ1) is 23.8. The van der Waals surface area contributed by atoms with Gasteiger partial charge in [0, 0.05) is 35.9 Å². The molecule has 0 saturated carbocycles. The maximum atomic E-state index is 12.2. The van der Waals surface area contributed by atoms with E-state index in [1.807, 2.05) is 42.6 Å². The van der Waals surface area contributed by atoms with Crippen molar-refractivity contribution in [2.24, 2.45) is 4.99 Å². The van der Waals surface area contributed by atoms with Crippen LogP contribution in [0.2, 0.25) is 10.0 Å². The van der Waals surface area contributed by atoms with E-state index >= 15 is 0 Å². The molecule has 2 amide bonds. The summed E-state index contributed by atoms with van der Waals surface area (Å²) in [6.07, 6.45) is 7.76. The first-order valence-electron chi connectivity index (χ1n) is 9.87. The van der Waals surface area contributed by atoms with Gasteiger partial charge >= 0.3 is 6.03 Å². The Morgan fingerprint density at radius 1 is 0.969 bits per heavy atom. The fourth-order valence-electron chi connectivity index (χ4n) is 3.33. The van der Waals surface area contributed by atoms with E-state index in [4.69, 9.17) is 28.2 Å². The van der Waals surface area contributed by atoms with Crippen molar-refractivity contribution >= 4 is 64.8 Å². The number of allylic oxidation sites excluding steroid dienone is 1. The average Bonchev–Trinajstić information content (AvgIpc) is 2.79. The predicted octanol–water partition coefficient (Wildman–Crippen LogP) is 7.12. The molecule has 0 atom stereocenters. The minimum absolute atomic E-state index is 0. The Balaban J connectivity index is 0.00000289. The lowest BCUT2D eigenvalue weighted by Crippen LogP contribution is -2.19. The number of hydrogen-bond donors (Lipinski definition) is 2. The first-order valence-corrected chi connectivity index (χ1v) is 10.6. The molecule has 5 nitrogen and oxygen atoms in total. The van der Waals surface area contributed by atoms with Crippen LogP contribution in [0.1, 0.15) is 24.0 Å². The second kappa shape index (κ2) is 11.1. The lowest BCUT2D eigenvalue weighted by molar-refractivity contribution is 0.262. The zero-order valence-electron chi connectivity index (χ0n) is 17.0. The monoisotopic (exact) mass is 486 g/mol. The molecule has 3 aromatic rings. The molecule has 2 heterocycles. The first-order chi connectivity index (χ1) is 15.1. The second-order valence-electron chi connectivity index (χ2n) is 7.08. The smallest absolute Gasteiger partial charge is 0.308 e. The number of nitrogens with zero attached hydrogens (tertiary/aromatic N) is 2. The number of benzene rings is 2. The van der Waals surface area contributed by atoms with E-state index in [1.54, 1.807) is 24.4 Å². The van der Waals surface area contributed by atoms with Crippen LogP contribution in [0.3, 0.4) is 0 Å². The van der Waals surface area contributed by atoms with Gasteiger partial charge in [0.2, 0.25) is 0 Å². The molecule has 0 saturated heterocycles. The minimum atomic E-state index is -0.359. The molecule has 2 aromatic carbocycles. The van der Waals surface area contributed by atoms with Gasteiger partial charge in [-0.05, 0) is 72.5 Å². The second-order valence-corrected chi connectivity index (χ2v) is 7.89. The van der Waals surface area contributed by atoms with Crippen LogP contribution < -0.4 is 10.6 Å². The van der Waals surface area contributed by atoms with Gasteiger partial charge in [-0.2, -0.15) is 0 Å². The predicted molar refractivity (Wildman–Crippen MR) is 136 cm³/mol. The van der Waals surface area contributed by atoms with Gasteiger partial charge in [0.15, 0.2) is 0 Å². The Bertz CT molecular complexity index is 1150. The van der Waals surface area contributed by atoms with Crippen molar-refractivity contribution in [1.82, 2.24) is 4.98 Å². The maximum Gasteiger partial charge on any atom is 0.323 e. The van der Waals surface area contributed by atoms with E-state index in [0.717, 1.165) is 36.2 Å². The molecule has 0 unspecified atom stereocenters. The molecule has 0 spiro atoms. The highest BCUT2D eigenvalue weighted by Crippen LogP contribution is 2.25. The number of halogens is 3. The van der Waals surface area contributed by atoms with Crippen molar-refractivity contribution in [3.05, 3.63) is 93.7 Å². The van der Waals surface area contributed by atoms with Crippen molar-refractivity contribution in [3.8, 4) is 0 Å². The number of urea groups is 1. The molecule has 8 heteroatoms. The Labute approximate surface area is 203 Å². The van der Waals surface area contributed by atoms with Crippen LogP contribution >= 0.6 is 35.6 Å². The third-order valence-electron chi connectivity index (χ3n) is 4.80. The molecule has 0 bridgehead atoms. The zero-order chi connectivity index (χ0) is 21.6. The van der Waals surface area contributed by atoms with E-state index in [1.165, 1.54) is 5.57 Å². The number of pyridine rings is 1. The fourth-order valence-corrected chi connectivity index (χ4v) is 3.63. The summed E-state index contributed by atoms with van der Waals surface area (Å²) in [5, 5.41) is 6.37. The standard InChI is InChI=1S/C24H20Cl2N4O.ClH/c25-21-10-9-20(14-22(21)26)30-24(31)29-19-7-5-16(6-8-19)13-17-3-2-12-28-23(17)18-4-1-11-27-15-18;/h1,4-11,13-15H,2-3,12H2,(H2,29,30,31);1H/b17-13+;. The Morgan fingerprint density at radius 2 is 1.72 bits per heavy atom. The van der Waals surface area contributed by atoms with Crippen molar-refractivity contribution in [3.63, 3.8) is 0 Å². The molecular weight excluding hydrogens is 467 g/mol. The topological polar surface area (TPSA) is 66.4 Å². The van der Waals surface area contributed by atoms with Crippen LogP contribution in [0, 0.1) is 0 Å². The van der Waals surface area contributed by atoms with Crippen LogP contribution in [0.4, 0.5) is 16.2 Å². The molecule has 164 valence electrons.